The fourth-order valence-electron chi connectivity index (χ4n) is 2.40. The molecule has 0 spiro atoms. The fraction of sp³-hybridized carbons (Fsp3) is 0.462. The third-order valence-electron chi connectivity index (χ3n) is 3.44. The minimum Gasteiger partial charge on any atom is -0.384 e. The molecule has 21 heavy (non-hydrogen) atoms. The standard InChI is InChI=1S/C13H14F2N2O4/c1-21-7-8-2-3-16(6-8)13(18)9-4-11(15)12(17(19)20)5-10(9)14/h4-5,8H,2-3,6-7H2,1H3. The molecule has 1 atom stereocenters. The van der Waals surface area contributed by atoms with Crippen molar-refractivity contribution >= 4 is 11.6 Å². The van der Waals surface area contributed by atoms with Crippen LogP contribution in [0.2, 0.25) is 0 Å². The Bertz CT molecular complexity index is 580. The first-order valence-corrected chi connectivity index (χ1v) is 6.35. The van der Waals surface area contributed by atoms with Gasteiger partial charge >= 0.3 is 5.69 Å². The van der Waals surface area contributed by atoms with Crippen molar-refractivity contribution in [1.29, 1.82) is 0 Å². The Morgan fingerprint density at radius 2 is 2.19 bits per heavy atom. The molecule has 1 saturated heterocycles. The van der Waals surface area contributed by atoms with Crippen molar-refractivity contribution < 1.29 is 23.2 Å². The third-order valence-corrected chi connectivity index (χ3v) is 3.44. The van der Waals surface area contributed by atoms with Gasteiger partial charge in [0.25, 0.3) is 5.91 Å². The minimum atomic E-state index is -1.22. The molecule has 0 aromatic heterocycles. The Labute approximate surface area is 119 Å². The number of nitro benzene ring substituents is 1. The number of nitro groups is 1. The zero-order valence-corrected chi connectivity index (χ0v) is 11.3. The predicted molar refractivity (Wildman–Crippen MR) is 68.9 cm³/mol. The molecule has 2 rings (SSSR count). The zero-order chi connectivity index (χ0) is 15.6. The molecule has 1 heterocycles. The molecular weight excluding hydrogens is 286 g/mol. The quantitative estimate of drug-likeness (QED) is 0.629. The van der Waals surface area contributed by atoms with Crippen molar-refractivity contribution in [1.82, 2.24) is 4.90 Å². The summed E-state index contributed by atoms with van der Waals surface area (Å²) in [5.41, 5.74) is -1.47. The maximum atomic E-state index is 13.8. The van der Waals surface area contributed by atoms with E-state index in [1.165, 1.54) is 4.90 Å². The molecule has 6 nitrogen and oxygen atoms in total. The van der Waals surface area contributed by atoms with E-state index in [4.69, 9.17) is 4.74 Å². The van der Waals surface area contributed by atoms with Gasteiger partial charge in [0.2, 0.25) is 5.82 Å². The average Bonchev–Trinajstić information content (AvgIpc) is 2.89. The van der Waals surface area contributed by atoms with Gasteiger partial charge in [0, 0.05) is 26.1 Å². The molecule has 1 aromatic carbocycles. The van der Waals surface area contributed by atoms with Crippen LogP contribution in [0.25, 0.3) is 0 Å². The Balaban J connectivity index is 2.21. The number of likely N-dealkylation sites (tertiary alicyclic amines) is 1. The van der Waals surface area contributed by atoms with Crippen LogP contribution < -0.4 is 0 Å². The van der Waals surface area contributed by atoms with Crippen LogP contribution in [0.4, 0.5) is 14.5 Å². The molecule has 114 valence electrons. The summed E-state index contributed by atoms with van der Waals surface area (Å²) in [5, 5.41) is 10.5. The van der Waals surface area contributed by atoms with Gasteiger partial charge in [-0.2, -0.15) is 4.39 Å². The maximum absolute atomic E-state index is 13.8. The minimum absolute atomic E-state index is 0.157. The highest BCUT2D eigenvalue weighted by molar-refractivity contribution is 5.95. The summed E-state index contributed by atoms with van der Waals surface area (Å²) >= 11 is 0. The largest absolute Gasteiger partial charge is 0.384 e. The number of hydrogen-bond donors (Lipinski definition) is 0. The third kappa shape index (κ3) is 3.15. The molecule has 1 aromatic rings. The molecule has 1 aliphatic heterocycles. The van der Waals surface area contributed by atoms with Crippen molar-refractivity contribution in [2.45, 2.75) is 6.42 Å². The Kier molecular flexibility index (Phi) is 4.46. The highest BCUT2D eigenvalue weighted by atomic mass is 19.1. The summed E-state index contributed by atoms with van der Waals surface area (Å²) in [4.78, 5) is 23.0. The lowest BCUT2D eigenvalue weighted by molar-refractivity contribution is -0.387. The number of ether oxygens (including phenoxy) is 1. The van der Waals surface area contributed by atoms with Crippen LogP contribution in [0.1, 0.15) is 16.8 Å². The average molecular weight is 300 g/mol. The fourth-order valence-corrected chi connectivity index (χ4v) is 2.40. The summed E-state index contributed by atoms with van der Waals surface area (Å²) in [5.74, 6) is -2.83. The van der Waals surface area contributed by atoms with E-state index >= 15 is 0 Å². The molecule has 0 saturated carbocycles. The van der Waals surface area contributed by atoms with Gasteiger partial charge in [0.15, 0.2) is 0 Å². The molecular formula is C13H14F2N2O4. The van der Waals surface area contributed by atoms with E-state index in [2.05, 4.69) is 0 Å². The summed E-state index contributed by atoms with van der Waals surface area (Å²) in [7, 11) is 1.55. The van der Waals surface area contributed by atoms with E-state index < -0.39 is 33.7 Å². The Morgan fingerprint density at radius 3 is 2.81 bits per heavy atom. The summed E-state index contributed by atoms with van der Waals surface area (Å²) in [6, 6.07) is 1.02. The highest BCUT2D eigenvalue weighted by Gasteiger charge is 2.30. The Hall–Kier alpha value is -2.09. The second-order valence-corrected chi connectivity index (χ2v) is 4.90. The molecule has 0 aliphatic carbocycles. The number of hydrogen-bond acceptors (Lipinski definition) is 4. The predicted octanol–water partition coefficient (Wildman–Crippen LogP) is 1.98. The molecule has 0 bridgehead atoms. The summed E-state index contributed by atoms with van der Waals surface area (Å²) in [6.45, 7) is 1.30. The molecule has 1 aliphatic rings. The van der Waals surface area contributed by atoms with Crippen LogP contribution in [0.15, 0.2) is 12.1 Å². The molecule has 1 amide bonds. The first kappa shape index (κ1) is 15.3. The van der Waals surface area contributed by atoms with Gasteiger partial charge in [-0.1, -0.05) is 0 Å². The second-order valence-electron chi connectivity index (χ2n) is 4.90. The molecule has 0 N–H and O–H groups in total. The molecule has 1 fully saturated rings. The molecule has 1 unspecified atom stereocenters. The van der Waals surface area contributed by atoms with Crippen molar-refractivity contribution in [3.63, 3.8) is 0 Å². The van der Waals surface area contributed by atoms with E-state index in [9.17, 15) is 23.7 Å². The van der Waals surface area contributed by atoms with Gasteiger partial charge in [-0.25, -0.2) is 4.39 Å². The number of rotatable bonds is 4. The van der Waals surface area contributed by atoms with Crippen LogP contribution in [-0.4, -0.2) is 42.5 Å². The van der Waals surface area contributed by atoms with Gasteiger partial charge in [-0.3, -0.25) is 14.9 Å². The van der Waals surface area contributed by atoms with Crippen LogP contribution in [0, 0.1) is 27.7 Å². The van der Waals surface area contributed by atoms with E-state index in [1.54, 1.807) is 7.11 Å². The van der Waals surface area contributed by atoms with E-state index in [0.717, 1.165) is 6.42 Å². The Morgan fingerprint density at radius 1 is 1.48 bits per heavy atom. The van der Waals surface area contributed by atoms with Gasteiger partial charge in [-0.15, -0.1) is 0 Å². The van der Waals surface area contributed by atoms with Crippen molar-refractivity contribution in [2.75, 3.05) is 26.8 Å². The first-order chi connectivity index (χ1) is 9.93. The lowest BCUT2D eigenvalue weighted by Crippen LogP contribution is -2.30. The number of benzene rings is 1. The van der Waals surface area contributed by atoms with Crippen molar-refractivity contribution in [2.24, 2.45) is 5.92 Å². The van der Waals surface area contributed by atoms with Gasteiger partial charge in [0.1, 0.15) is 5.82 Å². The van der Waals surface area contributed by atoms with Crippen molar-refractivity contribution in [3.05, 3.63) is 39.4 Å². The first-order valence-electron chi connectivity index (χ1n) is 6.35. The number of methoxy groups -OCH3 is 1. The van der Waals surface area contributed by atoms with E-state index in [0.29, 0.717) is 31.8 Å². The maximum Gasteiger partial charge on any atom is 0.307 e. The van der Waals surface area contributed by atoms with Crippen molar-refractivity contribution in [3.8, 4) is 0 Å². The SMILES string of the molecule is COCC1CCN(C(=O)c2cc(F)c([N+](=O)[O-])cc2F)C1. The number of carbonyl (C=O) groups excluding carboxylic acids is 1. The van der Waals surface area contributed by atoms with Crippen LogP contribution >= 0.6 is 0 Å². The van der Waals surface area contributed by atoms with Gasteiger partial charge in [0.05, 0.1) is 23.2 Å². The lowest BCUT2D eigenvalue weighted by Gasteiger charge is -2.17. The lowest BCUT2D eigenvalue weighted by atomic mass is 10.1. The van der Waals surface area contributed by atoms with Gasteiger partial charge < -0.3 is 9.64 Å². The summed E-state index contributed by atoms with van der Waals surface area (Å²) < 4.78 is 32.3. The van der Waals surface area contributed by atoms with Crippen LogP contribution in [0.5, 0.6) is 0 Å². The second kappa shape index (κ2) is 6.13. The normalized spacial score (nSPS) is 18.0. The van der Waals surface area contributed by atoms with Crippen LogP contribution in [-0.2, 0) is 4.74 Å². The topological polar surface area (TPSA) is 72.7 Å². The number of amides is 1. The monoisotopic (exact) mass is 300 g/mol. The molecule has 8 heteroatoms. The highest BCUT2D eigenvalue weighted by Crippen LogP contribution is 2.24. The van der Waals surface area contributed by atoms with E-state index in [1.807, 2.05) is 0 Å². The number of carbonyl (C=O) groups is 1. The molecule has 0 radical (unpaired) electrons. The van der Waals surface area contributed by atoms with Crippen LogP contribution in [0.3, 0.4) is 0 Å². The van der Waals surface area contributed by atoms with E-state index in [-0.39, 0.29) is 5.92 Å². The smallest absolute Gasteiger partial charge is 0.307 e. The summed E-state index contributed by atoms with van der Waals surface area (Å²) in [6.07, 6.45) is 0.719. The number of nitrogens with zero attached hydrogens (tertiary/aromatic N) is 2. The van der Waals surface area contributed by atoms with Gasteiger partial charge in [-0.05, 0) is 12.5 Å². The number of halogens is 2. The zero-order valence-electron chi connectivity index (χ0n) is 11.3.